The van der Waals surface area contributed by atoms with Crippen molar-refractivity contribution >= 4 is 24.2 Å². The van der Waals surface area contributed by atoms with Crippen molar-refractivity contribution in [3.05, 3.63) is 40.2 Å². The molecule has 3 heteroatoms. The number of hydrogen-bond donors (Lipinski definition) is 0. The highest BCUT2D eigenvalue weighted by Crippen LogP contribution is 2.16. The zero-order valence-corrected chi connectivity index (χ0v) is 11.1. The zero-order chi connectivity index (χ0) is 11.9. The molecular weight excluding hydrogens is 216 g/mol. The Hall–Kier alpha value is -1.35. The van der Waals surface area contributed by atoms with Gasteiger partial charge in [-0.15, -0.1) is 0 Å². The SMILES string of the molecule is Cc1c([Si](C)(C)C)c(=O)oc2ccccc12. The molecule has 1 heterocycles. The second-order valence-corrected chi connectivity index (χ2v) is 10.1. The first-order valence-corrected chi connectivity index (χ1v) is 8.94. The Balaban J connectivity index is 2.92. The van der Waals surface area contributed by atoms with Gasteiger partial charge in [-0.25, -0.2) is 4.79 Å². The van der Waals surface area contributed by atoms with Crippen LogP contribution in [0, 0.1) is 6.92 Å². The largest absolute Gasteiger partial charge is 0.423 e. The quantitative estimate of drug-likeness (QED) is 0.559. The van der Waals surface area contributed by atoms with Gasteiger partial charge in [-0.1, -0.05) is 37.8 Å². The van der Waals surface area contributed by atoms with Crippen LogP contribution in [0.4, 0.5) is 0 Å². The number of aryl methyl sites for hydroxylation is 1. The number of para-hydroxylation sites is 1. The highest BCUT2D eigenvalue weighted by molar-refractivity contribution is 6.89. The van der Waals surface area contributed by atoms with Crippen LogP contribution in [-0.2, 0) is 0 Å². The molecular formula is C13H16O2Si. The van der Waals surface area contributed by atoms with Gasteiger partial charge >= 0.3 is 5.63 Å². The van der Waals surface area contributed by atoms with Gasteiger partial charge in [0, 0.05) is 10.6 Å². The Morgan fingerprint density at radius 1 is 1.12 bits per heavy atom. The van der Waals surface area contributed by atoms with Gasteiger partial charge in [-0.2, -0.15) is 0 Å². The maximum atomic E-state index is 12.0. The summed E-state index contributed by atoms with van der Waals surface area (Å²) in [7, 11) is -1.65. The van der Waals surface area contributed by atoms with E-state index in [4.69, 9.17) is 4.42 Å². The third kappa shape index (κ3) is 1.71. The third-order valence-electron chi connectivity index (χ3n) is 2.82. The Bertz CT molecular complexity index is 591. The zero-order valence-electron chi connectivity index (χ0n) is 10.1. The van der Waals surface area contributed by atoms with E-state index in [0.717, 1.165) is 16.1 Å². The summed E-state index contributed by atoms with van der Waals surface area (Å²) in [6.45, 7) is 8.52. The summed E-state index contributed by atoms with van der Waals surface area (Å²) in [6.07, 6.45) is 0. The molecule has 0 aliphatic heterocycles. The highest BCUT2D eigenvalue weighted by Gasteiger charge is 2.24. The van der Waals surface area contributed by atoms with Crippen molar-refractivity contribution in [2.45, 2.75) is 26.6 Å². The van der Waals surface area contributed by atoms with E-state index in [1.807, 2.05) is 31.2 Å². The van der Waals surface area contributed by atoms with Crippen LogP contribution < -0.4 is 10.8 Å². The predicted molar refractivity (Wildman–Crippen MR) is 70.2 cm³/mol. The van der Waals surface area contributed by atoms with E-state index < -0.39 is 8.07 Å². The minimum atomic E-state index is -1.65. The van der Waals surface area contributed by atoms with Crippen molar-refractivity contribution in [1.82, 2.24) is 0 Å². The first-order valence-electron chi connectivity index (χ1n) is 5.44. The summed E-state index contributed by atoms with van der Waals surface area (Å²) in [4.78, 5) is 12.0. The topological polar surface area (TPSA) is 30.2 Å². The number of rotatable bonds is 1. The summed E-state index contributed by atoms with van der Waals surface area (Å²) in [5, 5.41) is 1.96. The van der Waals surface area contributed by atoms with E-state index in [-0.39, 0.29) is 5.63 Å². The van der Waals surface area contributed by atoms with Crippen LogP contribution in [0.15, 0.2) is 33.5 Å². The molecule has 0 N–H and O–H groups in total. The Labute approximate surface area is 95.9 Å². The fourth-order valence-electron chi connectivity index (χ4n) is 2.17. The Kier molecular flexibility index (Phi) is 2.50. The van der Waals surface area contributed by atoms with Crippen LogP contribution in [0.5, 0.6) is 0 Å². The summed E-state index contributed by atoms with van der Waals surface area (Å²) in [5.41, 5.74) is 1.62. The van der Waals surface area contributed by atoms with Crippen molar-refractivity contribution in [2.75, 3.05) is 0 Å². The number of hydrogen-bond acceptors (Lipinski definition) is 2. The van der Waals surface area contributed by atoms with Crippen molar-refractivity contribution in [3.63, 3.8) is 0 Å². The summed E-state index contributed by atoms with van der Waals surface area (Å²) < 4.78 is 5.38. The first kappa shape index (κ1) is 11.1. The maximum absolute atomic E-state index is 12.0. The van der Waals surface area contributed by atoms with Gasteiger partial charge in [0.25, 0.3) is 0 Å². The first-order chi connectivity index (χ1) is 7.41. The Morgan fingerprint density at radius 2 is 1.75 bits per heavy atom. The lowest BCUT2D eigenvalue weighted by atomic mass is 10.1. The van der Waals surface area contributed by atoms with Crippen molar-refractivity contribution in [2.24, 2.45) is 0 Å². The molecule has 0 fully saturated rings. The molecule has 0 unspecified atom stereocenters. The fraction of sp³-hybridized carbons (Fsp3) is 0.308. The van der Waals surface area contributed by atoms with Gasteiger partial charge in [0.15, 0.2) is 0 Å². The molecule has 16 heavy (non-hydrogen) atoms. The van der Waals surface area contributed by atoms with Crippen LogP contribution in [0.2, 0.25) is 19.6 Å². The van der Waals surface area contributed by atoms with Gasteiger partial charge < -0.3 is 4.42 Å². The molecule has 0 saturated heterocycles. The normalized spacial score (nSPS) is 12.0. The minimum absolute atomic E-state index is 0.157. The van der Waals surface area contributed by atoms with E-state index in [9.17, 15) is 4.79 Å². The number of fused-ring (bicyclic) bond motifs is 1. The lowest BCUT2D eigenvalue weighted by Crippen LogP contribution is -2.48. The average Bonchev–Trinajstić information content (AvgIpc) is 2.15. The van der Waals surface area contributed by atoms with Gasteiger partial charge in [-0.05, 0) is 18.6 Å². The van der Waals surface area contributed by atoms with Crippen LogP contribution in [0.25, 0.3) is 11.0 Å². The maximum Gasteiger partial charge on any atom is 0.335 e. The fourth-order valence-corrected chi connectivity index (χ4v) is 4.10. The van der Waals surface area contributed by atoms with Gasteiger partial charge in [0.2, 0.25) is 0 Å². The van der Waals surface area contributed by atoms with E-state index in [1.54, 1.807) is 0 Å². The van der Waals surface area contributed by atoms with Crippen LogP contribution >= 0.6 is 0 Å². The molecule has 0 aliphatic rings. The molecule has 0 atom stereocenters. The van der Waals surface area contributed by atoms with Crippen molar-refractivity contribution in [3.8, 4) is 0 Å². The van der Waals surface area contributed by atoms with Crippen molar-refractivity contribution in [1.29, 1.82) is 0 Å². The van der Waals surface area contributed by atoms with Crippen LogP contribution in [-0.4, -0.2) is 8.07 Å². The monoisotopic (exact) mass is 232 g/mol. The molecule has 1 aromatic heterocycles. The molecule has 84 valence electrons. The van der Waals surface area contributed by atoms with Gasteiger partial charge in [-0.3, -0.25) is 0 Å². The average molecular weight is 232 g/mol. The van der Waals surface area contributed by atoms with E-state index in [2.05, 4.69) is 19.6 Å². The van der Waals surface area contributed by atoms with Gasteiger partial charge in [0.05, 0.1) is 8.07 Å². The minimum Gasteiger partial charge on any atom is -0.423 e. The van der Waals surface area contributed by atoms with E-state index in [0.29, 0.717) is 5.58 Å². The molecule has 0 amide bonds. The van der Waals surface area contributed by atoms with Gasteiger partial charge in [0.1, 0.15) is 5.58 Å². The second-order valence-electron chi connectivity index (χ2n) is 5.14. The molecule has 2 rings (SSSR count). The van der Waals surface area contributed by atoms with Crippen molar-refractivity contribution < 1.29 is 4.42 Å². The molecule has 2 nitrogen and oxygen atoms in total. The van der Waals surface area contributed by atoms with Crippen LogP contribution in [0.3, 0.4) is 0 Å². The molecule has 1 aromatic carbocycles. The highest BCUT2D eigenvalue weighted by atomic mass is 28.3. The summed E-state index contributed by atoms with van der Waals surface area (Å²) >= 11 is 0. The standard InChI is InChI=1S/C13H16O2Si/c1-9-10-7-5-6-8-11(10)15-13(14)12(9)16(2,3)4/h5-8H,1-4H3. The lowest BCUT2D eigenvalue weighted by molar-refractivity contribution is 0.565. The molecule has 0 spiro atoms. The molecule has 0 aliphatic carbocycles. The molecule has 0 radical (unpaired) electrons. The van der Waals surface area contributed by atoms with E-state index >= 15 is 0 Å². The van der Waals surface area contributed by atoms with E-state index in [1.165, 1.54) is 0 Å². The summed E-state index contributed by atoms with van der Waals surface area (Å²) in [5.74, 6) is 0. The lowest BCUT2D eigenvalue weighted by Gasteiger charge is -2.18. The summed E-state index contributed by atoms with van der Waals surface area (Å²) in [6, 6.07) is 7.72. The second kappa shape index (κ2) is 3.59. The predicted octanol–water partition coefficient (Wildman–Crippen LogP) is 2.65. The number of benzene rings is 1. The smallest absolute Gasteiger partial charge is 0.335 e. The Morgan fingerprint density at radius 3 is 2.38 bits per heavy atom. The molecule has 0 saturated carbocycles. The van der Waals surface area contributed by atoms with Crippen LogP contribution in [0.1, 0.15) is 5.56 Å². The third-order valence-corrected chi connectivity index (χ3v) is 4.90. The molecule has 2 aromatic rings. The molecule has 0 bridgehead atoms.